The maximum Gasteiger partial charge on any atom is 0.250 e. The lowest BCUT2D eigenvalue weighted by Crippen LogP contribution is -2.52. The van der Waals surface area contributed by atoms with E-state index in [0.29, 0.717) is 25.2 Å². The minimum Gasteiger partial charge on any atom is -0.489 e. The number of hydrogen-bond donors (Lipinski definition) is 2. The highest BCUT2D eigenvalue weighted by molar-refractivity contribution is 7.89. The number of pyridine rings is 1. The monoisotopic (exact) mass is 497 g/mol. The molecule has 0 aliphatic carbocycles. The van der Waals surface area contributed by atoms with Gasteiger partial charge in [-0.15, -0.1) is 0 Å². The number of benzene rings is 2. The number of aromatic nitrogens is 1. The van der Waals surface area contributed by atoms with Crippen LogP contribution in [0.15, 0.2) is 59.5 Å². The van der Waals surface area contributed by atoms with E-state index in [-0.39, 0.29) is 11.0 Å². The van der Waals surface area contributed by atoms with Gasteiger partial charge in [-0.3, -0.25) is 15.0 Å². The smallest absolute Gasteiger partial charge is 0.250 e. The summed E-state index contributed by atoms with van der Waals surface area (Å²) in [5, 5.41) is 10.1. The van der Waals surface area contributed by atoms with Crippen molar-refractivity contribution < 1.29 is 27.9 Å². The van der Waals surface area contributed by atoms with Crippen molar-refractivity contribution >= 4 is 26.8 Å². The number of nitrogens with zero attached hydrogens (tertiary/aromatic N) is 2. The fourth-order valence-electron chi connectivity index (χ4n) is 5.22. The van der Waals surface area contributed by atoms with E-state index >= 15 is 0 Å². The summed E-state index contributed by atoms with van der Waals surface area (Å²) in [5.41, 5.74) is 4.44. The highest BCUT2D eigenvalue weighted by Crippen LogP contribution is 2.43. The van der Waals surface area contributed by atoms with E-state index in [4.69, 9.17) is 14.7 Å². The molecule has 0 unspecified atom stereocenters. The number of fused-ring (bicyclic) bond motifs is 3. The number of carbonyl (C=O) groups excluding carboxylic acids is 1. The number of para-hydroxylation sites is 1. The summed E-state index contributed by atoms with van der Waals surface area (Å²) in [6.07, 6.45) is 0.535. The first kappa shape index (κ1) is 23.7. The van der Waals surface area contributed by atoms with Crippen molar-refractivity contribution in [2.75, 3.05) is 7.05 Å². The van der Waals surface area contributed by atoms with Gasteiger partial charge in [0.15, 0.2) is 0 Å². The second-order valence-corrected chi connectivity index (χ2v) is 11.0. The van der Waals surface area contributed by atoms with Crippen LogP contribution < -0.4 is 10.2 Å². The predicted octanol–water partition coefficient (Wildman–Crippen LogP) is 2.79. The first-order valence-corrected chi connectivity index (χ1v) is 12.9. The maximum absolute atomic E-state index is 13.4. The molecule has 2 saturated heterocycles. The largest absolute Gasteiger partial charge is 0.489 e. The topological polar surface area (TPSA) is 118 Å². The molecule has 3 heterocycles. The molecule has 2 aliphatic rings. The molecule has 3 aromatic rings. The molecule has 0 radical (unpaired) electrons. The molecule has 1 amide bonds. The van der Waals surface area contributed by atoms with Crippen molar-refractivity contribution in [3.63, 3.8) is 0 Å². The average molecular weight is 498 g/mol. The Hall–Kier alpha value is -3.05. The van der Waals surface area contributed by atoms with Crippen molar-refractivity contribution in [2.45, 2.75) is 49.5 Å². The van der Waals surface area contributed by atoms with Gasteiger partial charge in [-0.05, 0) is 56.2 Å². The van der Waals surface area contributed by atoms with Crippen LogP contribution in [-0.2, 0) is 26.2 Å². The van der Waals surface area contributed by atoms with Gasteiger partial charge in [-0.2, -0.15) is 4.31 Å². The third kappa shape index (κ3) is 4.27. The van der Waals surface area contributed by atoms with Crippen molar-refractivity contribution in [1.82, 2.24) is 14.8 Å². The molecule has 5 rings (SSSR count). The minimum absolute atomic E-state index is 0.0866. The Morgan fingerprint density at radius 2 is 1.89 bits per heavy atom. The summed E-state index contributed by atoms with van der Waals surface area (Å²) in [6, 6.07) is 15.4. The normalized spacial score (nSPS) is 23.7. The van der Waals surface area contributed by atoms with Crippen molar-refractivity contribution in [3.8, 4) is 5.75 Å². The van der Waals surface area contributed by atoms with E-state index < -0.39 is 34.0 Å². The third-order valence-electron chi connectivity index (χ3n) is 6.89. The van der Waals surface area contributed by atoms with Crippen LogP contribution in [0.1, 0.15) is 24.1 Å². The van der Waals surface area contributed by atoms with E-state index in [2.05, 4.69) is 4.98 Å². The first-order chi connectivity index (χ1) is 16.8. The van der Waals surface area contributed by atoms with Crippen LogP contribution in [0.25, 0.3) is 10.9 Å². The van der Waals surface area contributed by atoms with Gasteiger partial charge in [-0.1, -0.05) is 18.2 Å². The van der Waals surface area contributed by atoms with Gasteiger partial charge in [0.25, 0.3) is 5.91 Å². The Bertz CT molecular complexity index is 1360. The van der Waals surface area contributed by atoms with Crippen molar-refractivity contribution in [3.05, 3.63) is 65.9 Å². The van der Waals surface area contributed by atoms with Gasteiger partial charge in [-0.25, -0.2) is 13.9 Å². The Morgan fingerprint density at radius 1 is 1.17 bits per heavy atom. The number of rotatable bonds is 7. The number of ether oxygens (including phenoxy) is 2. The molecule has 0 spiro atoms. The Kier molecular flexibility index (Phi) is 6.22. The third-order valence-corrected chi connectivity index (χ3v) is 8.76. The van der Waals surface area contributed by atoms with Crippen LogP contribution in [0.2, 0.25) is 0 Å². The van der Waals surface area contributed by atoms with Crippen LogP contribution >= 0.6 is 0 Å². The number of sulfonamides is 1. The maximum atomic E-state index is 13.4. The highest BCUT2D eigenvalue weighted by atomic mass is 32.2. The summed E-state index contributed by atoms with van der Waals surface area (Å²) in [4.78, 5) is 16.9. The highest BCUT2D eigenvalue weighted by Gasteiger charge is 2.56. The molecule has 35 heavy (non-hydrogen) atoms. The summed E-state index contributed by atoms with van der Waals surface area (Å²) in [7, 11) is -2.46. The number of hydroxylamine groups is 1. The Labute approximate surface area is 203 Å². The molecule has 2 bridgehead atoms. The lowest BCUT2D eigenvalue weighted by Gasteiger charge is -2.33. The second-order valence-electron chi connectivity index (χ2n) is 9.00. The zero-order valence-corrected chi connectivity index (χ0v) is 20.2. The molecule has 4 atom stereocenters. The number of aryl methyl sites for hydroxylation is 1. The summed E-state index contributed by atoms with van der Waals surface area (Å²) >= 11 is 0. The summed E-state index contributed by atoms with van der Waals surface area (Å²) in [6.45, 7) is 2.25. The molecule has 1 aromatic heterocycles. The quantitative estimate of drug-likeness (QED) is 0.381. The van der Waals surface area contributed by atoms with Gasteiger partial charge in [0.1, 0.15) is 12.4 Å². The number of amides is 1. The fraction of sp³-hybridized carbons (Fsp3) is 0.360. The average Bonchev–Trinajstić information content (AvgIpc) is 3.48. The van der Waals surface area contributed by atoms with Gasteiger partial charge in [0, 0.05) is 23.7 Å². The number of nitrogens with one attached hydrogen (secondary N) is 1. The van der Waals surface area contributed by atoms with Crippen LogP contribution in [0.3, 0.4) is 0 Å². The first-order valence-electron chi connectivity index (χ1n) is 11.4. The lowest BCUT2D eigenvalue weighted by atomic mass is 9.84. The van der Waals surface area contributed by atoms with E-state index in [1.165, 1.54) is 23.5 Å². The molecular weight excluding hydrogens is 470 g/mol. The molecule has 2 N–H and O–H groups in total. The van der Waals surface area contributed by atoms with E-state index in [9.17, 15) is 13.2 Å². The Balaban J connectivity index is 1.33. The van der Waals surface area contributed by atoms with Gasteiger partial charge in [0.05, 0.1) is 34.6 Å². The lowest BCUT2D eigenvalue weighted by molar-refractivity contribution is -0.136. The van der Waals surface area contributed by atoms with Gasteiger partial charge >= 0.3 is 0 Å². The number of carbonyl (C=O) groups is 1. The van der Waals surface area contributed by atoms with Crippen LogP contribution in [0.5, 0.6) is 5.75 Å². The van der Waals surface area contributed by atoms with Crippen molar-refractivity contribution in [1.29, 1.82) is 0 Å². The van der Waals surface area contributed by atoms with Gasteiger partial charge in [0.2, 0.25) is 10.0 Å². The fourth-order valence-corrected chi connectivity index (χ4v) is 6.62. The Morgan fingerprint density at radius 3 is 2.63 bits per heavy atom. The SMILES string of the molecule is Cc1cc(COc2ccc(S(=O)(=O)N(C)[C@H]3[C@@H](C(=O)NO)[C@@H]4CC[C@H]3O4)cc2)c2ccccc2n1. The van der Waals surface area contributed by atoms with E-state index in [1.807, 2.05) is 37.3 Å². The standard InChI is InChI=1S/C25H27N3O6S/c1-15-13-16(19-5-3-4-6-20(19)26-15)14-33-17-7-9-18(10-8-17)35(31,32)28(2)24-22-12-11-21(34-22)23(24)25(29)27-30/h3-10,13,21-24,30H,11-12,14H2,1-2H3,(H,27,29)/t21-,22+,23-,24+/m0/s1. The summed E-state index contributed by atoms with van der Waals surface area (Å²) in [5.74, 6) is -0.863. The molecule has 2 fully saturated rings. The molecule has 10 heteroatoms. The minimum atomic E-state index is -3.91. The van der Waals surface area contributed by atoms with E-state index in [1.54, 1.807) is 17.6 Å². The molecule has 2 aliphatic heterocycles. The zero-order chi connectivity index (χ0) is 24.7. The molecular formula is C25H27N3O6S. The van der Waals surface area contributed by atoms with Crippen molar-refractivity contribution in [2.24, 2.45) is 5.92 Å². The number of hydrogen-bond acceptors (Lipinski definition) is 7. The van der Waals surface area contributed by atoms with Gasteiger partial charge < -0.3 is 9.47 Å². The molecule has 184 valence electrons. The zero-order valence-electron chi connectivity index (χ0n) is 19.4. The number of likely N-dealkylation sites (N-methyl/N-ethyl adjacent to an activating group) is 1. The molecule has 9 nitrogen and oxygen atoms in total. The second kappa shape index (κ2) is 9.19. The molecule has 2 aromatic carbocycles. The predicted molar refractivity (Wildman–Crippen MR) is 127 cm³/mol. The summed E-state index contributed by atoms with van der Waals surface area (Å²) < 4.78 is 39.7. The molecule has 0 saturated carbocycles. The van der Waals surface area contributed by atoms with E-state index in [0.717, 1.165) is 22.2 Å². The van der Waals surface area contributed by atoms with Crippen LogP contribution in [0, 0.1) is 12.8 Å². The van der Waals surface area contributed by atoms with Crippen LogP contribution in [0.4, 0.5) is 0 Å². The van der Waals surface area contributed by atoms with Crippen LogP contribution in [-0.4, -0.2) is 54.1 Å².